The van der Waals surface area contributed by atoms with Crippen LogP contribution in [0.5, 0.6) is 0 Å². The normalized spacial score (nSPS) is 16.2. The van der Waals surface area contributed by atoms with Crippen molar-refractivity contribution < 1.29 is 14.3 Å². The van der Waals surface area contributed by atoms with E-state index >= 15 is 0 Å². The van der Waals surface area contributed by atoms with Crippen molar-refractivity contribution in [2.45, 2.75) is 19.4 Å². The zero-order valence-corrected chi connectivity index (χ0v) is 11.1. The Morgan fingerprint density at radius 2 is 2.15 bits per heavy atom. The number of nitriles is 1. The average Bonchev–Trinajstić information content (AvgIpc) is 2.45. The number of esters is 1. The summed E-state index contributed by atoms with van der Waals surface area (Å²) in [6, 6.07) is 8.94. The maximum Gasteiger partial charge on any atom is 0.309 e. The fourth-order valence-electron chi connectivity index (χ4n) is 2.24. The molecular formula is C15H14N2O3. The van der Waals surface area contributed by atoms with Crippen molar-refractivity contribution in [3.05, 3.63) is 41.6 Å². The topological polar surface area (TPSA) is 70.4 Å². The van der Waals surface area contributed by atoms with Crippen LogP contribution in [0, 0.1) is 11.3 Å². The fourth-order valence-corrected chi connectivity index (χ4v) is 2.24. The molecule has 0 saturated heterocycles. The summed E-state index contributed by atoms with van der Waals surface area (Å²) in [7, 11) is 0. The number of carbonyl (C=O) groups is 2. The number of ether oxygens (including phenoxy) is 1. The first-order chi connectivity index (χ1) is 9.63. The first-order valence-corrected chi connectivity index (χ1v) is 6.22. The minimum atomic E-state index is -0.493. The molecule has 0 fully saturated rings. The molecule has 20 heavy (non-hydrogen) atoms. The number of rotatable bonds is 3. The van der Waals surface area contributed by atoms with Crippen LogP contribution in [0.4, 0.5) is 0 Å². The van der Waals surface area contributed by atoms with Gasteiger partial charge < -0.3 is 9.64 Å². The lowest BCUT2D eigenvalue weighted by molar-refractivity contribution is -0.144. The van der Waals surface area contributed by atoms with E-state index in [2.05, 4.69) is 0 Å². The average molecular weight is 270 g/mol. The van der Waals surface area contributed by atoms with Crippen LogP contribution >= 0.6 is 0 Å². The fraction of sp³-hybridized carbons (Fsp3) is 0.267. The van der Waals surface area contributed by atoms with E-state index in [4.69, 9.17) is 10.00 Å². The highest BCUT2D eigenvalue weighted by atomic mass is 16.5. The van der Waals surface area contributed by atoms with Crippen LogP contribution in [-0.2, 0) is 14.3 Å². The lowest BCUT2D eigenvalue weighted by Crippen LogP contribution is -2.32. The second kappa shape index (κ2) is 6.02. The van der Waals surface area contributed by atoms with Crippen LogP contribution < -0.4 is 0 Å². The molecule has 0 spiro atoms. The molecule has 0 bridgehead atoms. The molecule has 0 aromatic heterocycles. The van der Waals surface area contributed by atoms with Gasteiger partial charge in [-0.1, -0.05) is 24.3 Å². The van der Waals surface area contributed by atoms with Crippen molar-refractivity contribution in [3.8, 4) is 6.07 Å². The molecule has 102 valence electrons. The van der Waals surface area contributed by atoms with E-state index in [0.29, 0.717) is 0 Å². The van der Waals surface area contributed by atoms with Crippen LogP contribution in [0.15, 0.2) is 30.5 Å². The van der Waals surface area contributed by atoms with E-state index in [1.807, 2.05) is 30.3 Å². The van der Waals surface area contributed by atoms with Gasteiger partial charge in [-0.25, -0.2) is 0 Å². The van der Waals surface area contributed by atoms with E-state index in [1.165, 1.54) is 11.8 Å². The standard InChI is InChI=1S/C15H14N2O3/c1-11(18)17-8-6-12-4-2-3-5-13(12)14(17)10-15(19)20-9-7-16/h2-6,8,14H,9-10H2,1H3/t14-/m0/s1. The molecule has 2 rings (SSSR count). The first kappa shape index (κ1) is 13.8. The second-order valence-electron chi connectivity index (χ2n) is 4.41. The molecule has 0 unspecified atom stereocenters. The van der Waals surface area contributed by atoms with Crippen LogP contribution in [0.2, 0.25) is 0 Å². The predicted molar refractivity (Wildman–Crippen MR) is 71.9 cm³/mol. The Kier molecular flexibility index (Phi) is 4.16. The van der Waals surface area contributed by atoms with Crippen LogP contribution in [0.1, 0.15) is 30.5 Å². The molecule has 1 atom stereocenters. The van der Waals surface area contributed by atoms with Gasteiger partial charge in [-0.15, -0.1) is 0 Å². The number of hydrogen-bond acceptors (Lipinski definition) is 4. The second-order valence-corrected chi connectivity index (χ2v) is 4.41. The van der Waals surface area contributed by atoms with Crippen molar-refractivity contribution >= 4 is 18.0 Å². The maximum absolute atomic E-state index is 11.7. The Hall–Kier alpha value is -2.61. The largest absolute Gasteiger partial charge is 0.450 e. The molecule has 0 radical (unpaired) electrons. The summed E-state index contributed by atoms with van der Waals surface area (Å²) in [6.45, 7) is 1.18. The summed E-state index contributed by atoms with van der Waals surface area (Å²) in [6.07, 6.45) is 3.55. The highest BCUT2D eigenvalue weighted by Gasteiger charge is 2.28. The molecule has 0 aliphatic carbocycles. The van der Waals surface area contributed by atoms with Crippen LogP contribution in [0.25, 0.3) is 6.08 Å². The molecule has 0 saturated carbocycles. The Morgan fingerprint density at radius 1 is 1.40 bits per heavy atom. The van der Waals surface area contributed by atoms with E-state index < -0.39 is 5.97 Å². The third-order valence-corrected chi connectivity index (χ3v) is 3.13. The molecule has 1 aliphatic heterocycles. The van der Waals surface area contributed by atoms with Crippen molar-refractivity contribution in [2.24, 2.45) is 0 Å². The van der Waals surface area contributed by atoms with Crippen molar-refractivity contribution in [1.82, 2.24) is 4.90 Å². The molecule has 0 N–H and O–H groups in total. The summed E-state index contributed by atoms with van der Waals surface area (Å²) in [5, 5.41) is 8.42. The number of benzene rings is 1. The van der Waals surface area contributed by atoms with Gasteiger partial charge in [0.15, 0.2) is 6.61 Å². The maximum atomic E-state index is 11.7. The summed E-state index contributed by atoms with van der Waals surface area (Å²) in [5.74, 6) is -0.637. The minimum Gasteiger partial charge on any atom is -0.450 e. The predicted octanol–water partition coefficient (Wildman–Crippen LogP) is 2.02. The van der Waals surface area contributed by atoms with E-state index in [1.54, 1.807) is 12.3 Å². The highest BCUT2D eigenvalue weighted by molar-refractivity contribution is 5.80. The number of nitrogens with zero attached hydrogens (tertiary/aromatic N) is 2. The number of fused-ring (bicyclic) bond motifs is 1. The van der Waals surface area contributed by atoms with Crippen LogP contribution in [-0.4, -0.2) is 23.4 Å². The van der Waals surface area contributed by atoms with Gasteiger partial charge in [0.2, 0.25) is 5.91 Å². The van der Waals surface area contributed by atoms with Gasteiger partial charge in [0, 0.05) is 13.1 Å². The van der Waals surface area contributed by atoms with Gasteiger partial charge in [-0.3, -0.25) is 9.59 Å². The Morgan fingerprint density at radius 3 is 2.85 bits per heavy atom. The molecule has 1 aliphatic rings. The first-order valence-electron chi connectivity index (χ1n) is 6.22. The molecule has 5 nitrogen and oxygen atoms in total. The van der Waals surface area contributed by atoms with Gasteiger partial charge in [0.25, 0.3) is 0 Å². The van der Waals surface area contributed by atoms with Crippen molar-refractivity contribution in [1.29, 1.82) is 5.26 Å². The zero-order chi connectivity index (χ0) is 14.5. The summed E-state index contributed by atoms with van der Waals surface area (Å²) in [5.41, 5.74) is 1.88. The summed E-state index contributed by atoms with van der Waals surface area (Å²) in [4.78, 5) is 24.9. The van der Waals surface area contributed by atoms with Crippen molar-refractivity contribution in [3.63, 3.8) is 0 Å². The molecule has 1 heterocycles. The van der Waals surface area contributed by atoms with Crippen molar-refractivity contribution in [2.75, 3.05) is 6.61 Å². The number of carbonyl (C=O) groups excluding carboxylic acids is 2. The summed E-state index contributed by atoms with van der Waals surface area (Å²) < 4.78 is 4.77. The molecule has 1 amide bonds. The molecule has 1 aromatic rings. The third kappa shape index (κ3) is 2.86. The number of hydrogen-bond donors (Lipinski definition) is 0. The Balaban J connectivity index is 2.26. The van der Waals surface area contributed by atoms with Gasteiger partial charge >= 0.3 is 5.97 Å². The van der Waals surface area contributed by atoms with Gasteiger partial charge in [-0.05, 0) is 17.2 Å². The van der Waals surface area contributed by atoms with E-state index in [9.17, 15) is 9.59 Å². The van der Waals surface area contributed by atoms with Gasteiger partial charge in [-0.2, -0.15) is 5.26 Å². The summed E-state index contributed by atoms with van der Waals surface area (Å²) >= 11 is 0. The monoisotopic (exact) mass is 270 g/mol. The van der Waals surface area contributed by atoms with E-state index in [0.717, 1.165) is 11.1 Å². The molecular weight excluding hydrogens is 256 g/mol. The Bertz CT molecular complexity index is 601. The molecule has 5 heteroatoms. The quantitative estimate of drug-likeness (QED) is 0.788. The third-order valence-electron chi connectivity index (χ3n) is 3.13. The van der Waals surface area contributed by atoms with E-state index in [-0.39, 0.29) is 25.0 Å². The minimum absolute atomic E-state index is 0.0304. The lowest BCUT2D eigenvalue weighted by Gasteiger charge is -2.31. The lowest BCUT2D eigenvalue weighted by atomic mass is 9.94. The van der Waals surface area contributed by atoms with Gasteiger partial charge in [0.05, 0.1) is 12.5 Å². The zero-order valence-electron chi connectivity index (χ0n) is 11.1. The molecule has 1 aromatic carbocycles. The highest BCUT2D eigenvalue weighted by Crippen LogP contribution is 2.32. The SMILES string of the molecule is CC(=O)N1C=Cc2ccccc2[C@@H]1CC(=O)OCC#N. The van der Waals surface area contributed by atoms with Gasteiger partial charge in [0.1, 0.15) is 6.07 Å². The Labute approximate surface area is 117 Å². The number of amides is 1. The smallest absolute Gasteiger partial charge is 0.309 e. The van der Waals surface area contributed by atoms with Crippen LogP contribution in [0.3, 0.4) is 0 Å².